The Morgan fingerprint density at radius 1 is 1.62 bits per heavy atom. The predicted molar refractivity (Wildman–Crippen MR) is 45.1 cm³/mol. The van der Waals surface area contributed by atoms with Crippen LogP contribution in [-0.2, 0) is 9.59 Å². The monoisotopic (exact) mass is 183 g/mol. The van der Waals surface area contributed by atoms with E-state index in [0.717, 1.165) is 19.4 Å². The topological polar surface area (TPSA) is 57.6 Å². The molecule has 2 fully saturated rings. The summed E-state index contributed by atoms with van der Waals surface area (Å²) in [4.78, 5) is 23.8. The Morgan fingerprint density at radius 2 is 2.38 bits per heavy atom. The number of carbonyl (C=O) groups is 2. The minimum atomic E-state index is -0.786. The number of aliphatic carboxylic acids is 1. The van der Waals surface area contributed by atoms with E-state index < -0.39 is 5.97 Å². The molecular formula is C9H13NO3. The number of hydrogen-bond acceptors (Lipinski definition) is 2. The first-order valence-corrected chi connectivity index (χ1v) is 4.70. The van der Waals surface area contributed by atoms with Gasteiger partial charge in [-0.15, -0.1) is 0 Å². The Kier molecular flexibility index (Phi) is 1.98. The number of fused-ring (bicyclic) bond motifs is 1. The maximum absolute atomic E-state index is 11.4. The van der Waals surface area contributed by atoms with Crippen molar-refractivity contribution in [3.63, 3.8) is 0 Å². The highest BCUT2D eigenvalue weighted by Crippen LogP contribution is 2.35. The zero-order valence-electron chi connectivity index (χ0n) is 7.40. The van der Waals surface area contributed by atoms with Gasteiger partial charge < -0.3 is 10.0 Å². The van der Waals surface area contributed by atoms with Gasteiger partial charge in [-0.25, -0.2) is 0 Å². The van der Waals surface area contributed by atoms with Crippen LogP contribution in [0, 0.1) is 5.92 Å². The summed E-state index contributed by atoms with van der Waals surface area (Å²) in [5, 5.41) is 8.65. The number of rotatable bonds is 2. The fourth-order valence-corrected chi connectivity index (χ4v) is 2.50. The SMILES string of the molecule is O=C(O)C[C@@H]1CC(=O)N2CCC[C@@H]12. The summed E-state index contributed by atoms with van der Waals surface area (Å²) in [6, 6.07) is 0.226. The molecule has 0 unspecified atom stereocenters. The average molecular weight is 183 g/mol. The van der Waals surface area contributed by atoms with E-state index in [1.54, 1.807) is 0 Å². The molecule has 2 aliphatic rings. The third-order valence-corrected chi connectivity index (χ3v) is 3.04. The molecule has 2 aliphatic heterocycles. The van der Waals surface area contributed by atoms with Crippen LogP contribution in [-0.4, -0.2) is 34.5 Å². The number of carboxylic acids is 1. The van der Waals surface area contributed by atoms with Crippen LogP contribution < -0.4 is 0 Å². The number of amides is 1. The molecule has 2 saturated heterocycles. The number of carbonyl (C=O) groups excluding carboxylic acids is 1. The Labute approximate surface area is 76.5 Å². The average Bonchev–Trinajstić information content (AvgIpc) is 2.56. The Hall–Kier alpha value is -1.06. The Morgan fingerprint density at radius 3 is 3.08 bits per heavy atom. The van der Waals surface area contributed by atoms with Crippen molar-refractivity contribution in [3.8, 4) is 0 Å². The standard InChI is InChI=1S/C9H13NO3/c11-8-4-6(5-9(12)13)7-2-1-3-10(7)8/h6-7H,1-5H2,(H,12,13)/t6-,7-/m0/s1. The van der Waals surface area contributed by atoms with E-state index in [1.807, 2.05) is 4.90 Å². The normalized spacial score (nSPS) is 32.3. The van der Waals surface area contributed by atoms with Crippen LogP contribution in [0.1, 0.15) is 25.7 Å². The first kappa shape index (κ1) is 8.53. The van der Waals surface area contributed by atoms with Crippen molar-refractivity contribution in [2.45, 2.75) is 31.7 Å². The summed E-state index contributed by atoms with van der Waals surface area (Å²) in [6.45, 7) is 0.833. The molecule has 0 aromatic heterocycles. The second kappa shape index (κ2) is 3.01. The van der Waals surface area contributed by atoms with Crippen molar-refractivity contribution < 1.29 is 14.7 Å². The molecule has 1 N–H and O–H groups in total. The molecule has 1 amide bonds. The second-order valence-electron chi connectivity index (χ2n) is 3.86. The quantitative estimate of drug-likeness (QED) is 0.677. The van der Waals surface area contributed by atoms with Gasteiger partial charge in [-0.3, -0.25) is 9.59 Å². The van der Waals surface area contributed by atoms with E-state index in [-0.39, 0.29) is 24.3 Å². The van der Waals surface area contributed by atoms with E-state index >= 15 is 0 Å². The third kappa shape index (κ3) is 1.41. The largest absolute Gasteiger partial charge is 0.481 e. The zero-order chi connectivity index (χ0) is 9.42. The molecule has 0 radical (unpaired) electrons. The van der Waals surface area contributed by atoms with Crippen LogP contribution in [0.4, 0.5) is 0 Å². The van der Waals surface area contributed by atoms with E-state index in [1.165, 1.54) is 0 Å². The van der Waals surface area contributed by atoms with Gasteiger partial charge in [-0.2, -0.15) is 0 Å². The minimum absolute atomic E-state index is 0.0625. The summed E-state index contributed by atoms with van der Waals surface area (Å²) in [6.07, 6.45) is 2.61. The molecule has 0 aromatic rings. The molecule has 0 aromatic carbocycles. The van der Waals surface area contributed by atoms with Gasteiger partial charge >= 0.3 is 5.97 Å². The van der Waals surface area contributed by atoms with Gasteiger partial charge in [0.2, 0.25) is 5.91 Å². The van der Waals surface area contributed by atoms with Crippen molar-refractivity contribution in [1.29, 1.82) is 0 Å². The lowest BCUT2D eigenvalue weighted by atomic mass is 9.95. The molecular weight excluding hydrogens is 170 g/mol. The van der Waals surface area contributed by atoms with Crippen molar-refractivity contribution in [3.05, 3.63) is 0 Å². The van der Waals surface area contributed by atoms with E-state index in [2.05, 4.69) is 0 Å². The lowest BCUT2D eigenvalue weighted by Gasteiger charge is -2.18. The van der Waals surface area contributed by atoms with Crippen LogP contribution >= 0.6 is 0 Å². The van der Waals surface area contributed by atoms with Gasteiger partial charge in [0, 0.05) is 19.0 Å². The molecule has 2 heterocycles. The number of carboxylic acid groups (broad SMARTS) is 1. The van der Waals surface area contributed by atoms with Crippen molar-refractivity contribution >= 4 is 11.9 Å². The van der Waals surface area contributed by atoms with Crippen LogP contribution in [0.2, 0.25) is 0 Å². The highest BCUT2D eigenvalue weighted by Gasteiger charge is 2.42. The molecule has 2 atom stereocenters. The third-order valence-electron chi connectivity index (χ3n) is 3.04. The second-order valence-corrected chi connectivity index (χ2v) is 3.86. The molecule has 2 rings (SSSR count). The summed E-state index contributed by atoms with van der Waals surface area (Å²) in [7, 11) is 0. The maximum Gasteiger partial charge on any atom is 0.303 e. The van der Waals surface area contributed by atoms with Crippen LogP contribution in [0.25, 0.3) is 0 Å². The van der Waals surface area contributed by atoms with Crippen molar-refractivity contribution in [2.24, 2.45) is 5.92 Å². The molecule has 0 aliphatic carbocycles. The van der Waals surface area contributed by atoms with Crippen LogP contribution in [0.3, 0.4) is 0 Å². The predicted octanol–water partition coefficient (Wildman–Crippen LogP) is 0.472. The highest BCUT2D eigenvalue weighted by molar-refractivity contribution is 5.81. The van der Waals surface area contributed by atoms with Gasteiger partial charge in [-0.1, -0.05) is 0 Å². The summed E-state index contributed by atoms with van der Waals surface area (Å²) in [5.41, 5.74) is 0. The maximum atomic E-state index is 11.4. The fourth-order valence-electron chi connectivity index (χ4n) is 2.50. The first-order chi connectivity index (χ1) is 6.18. The van der Waals surface area contributed by atoms with E-state index in [0.29, 0.717) is 6.42 Å². The number of hydrogen-bond donors (Lipinski definition) is 1. The van der Waals surface area contributed by atoms with Gasteiger partial charge in [0.15, 0.2) is 0 Å². The van der Waals surface area contributed by atoms with Crippen LogP contribution in [0.5, 0.6) is 0 Å². The van der Waals surface area contributed by atoms with E-state index in [9.17, 15) is 9.59 Å². The molecule has 0 saturated carbocycles. The molecule has 13 heavy (non-hydrogen) atoms. The number of nitrogens with zero attached hydrogens (tertiary/aromatic N) is 1. The molecule has 0 bridgehead atoms. The first-order valence-electron chi connectivity index (χ1n) is 4.70. The van der Waals surface area contributed by atoms with Gasteiger partial charge in [0.25, 0.3) is 0 Å². The van der Waals surface area contributed by atoms with Crippen LogP contribution in [0.15, 0.2) is 0 Å². The van der Waals surface area contributed by atoms with Crippen molar-refractivity contribution in [2.75, 3.05) is 6.54 Å². The van der Waals surface area contributed by atoms with Crippen molar-refractivity contribution in [1.82, 2.24) is 4.90 Å². The molecule has 4 nitrogen and oxygen atoms in total. The van der Waals surface area contributed by atoms with Gasteiger partial charge in [0.05, 0.1) is 6.42 Å². The summed E-state index contributed by atoms with van der Waals surface area (Å²) < 4.78 is 0. The highest BCUT2D eigenvalue weighted by atomic mass is 16.4. The molecule has 0 spiro atoms. The fraction of sp³-hybridized carbons (Fsp3) is 0.778. The Balaban J connectivity index is 2.06. The summed E-state index contributed by atoms with van der Waals surface area (Å²) in [5.74, 6) is -0.576. The molecule has 72 valence electrons. The van der Waals surface area contributed by atoms with E-state index in [4.69, 9.17) is 5.11 Å². The lowest BCUT2D eigenvalue weighted by molar-refractivity contribution is -0.138. The van der Waals surface area contributed by atoms with Gasteiger partial charge in [0.1, 0.15) is 0 Å². The zero-order valence-corrected chi connectivity index (χ0v) is 7.40. The molecule has 4 heteroatoms. The Bertz CT molecular complexity index is 249. The van der Waals surface area contributed by atoms with Gasteiger partial charge in [-0.05, 0) is 18.8 Å². The minimum Gasteiger partial charge on any atom is -0.481 e. The lowest BCUT2D eigenvalue weighted by Crippen LogP contribution is -2.29. The summed E-state index contributed by atoms with van der Waals surface area (Å²) >= 11 is 0. The smallest absolute Gasteiger partial charge is 0.303 e.